The van der Waals surface area contributed by atoms with Crippen LogP contribution in [-0.4, -0.2) is 38.4 Å². The first kappa shape index (κ1) is 19.7. The van der Waals surface area contributed by atoms with Crippen molar-refractivity contribution < 1.29 is 19.2 Å². The number of benzene rings is 1. The standard InChI is InChI=1S/C18H17N5O6/c1-10-16(23(27)28)11(2)21(19-10)9-15(24)20-22-8-14(18(26)29-3)12-6-4-5-7-13(12)17(22)25/h4-8H,9H2,1-3H3,(H,20,24). The van der Waals surface area contributed by atoms with E-state index in [2.05, 4.69) is 10.5 Å². The molecule has 2 heterocycles. The van der Waals surface area contributed by atoms with E-state index in [0.717, 1.165) is 4.68 Å². The van der Waals surface area contributed by atoms with Gasteiger partial charge < -0.3 is 4.74 Å². The van der Waals surface area contributed by atoms with Crippen LogP contribution in [0.1, 0.15) is 21.7 Å². The van der Waals surface area contributed by atoms with Crippen molar-refractivity contribution in [1.29, 1.82) is 0 Å². The molecule has 0 aliphatic rings. The molecule has 0 unspecified atom stereocenters. The van der Waals surface area contributed by atoms with Gasteiger partial charge in [0.2, 0.25) is 0 Å². The minimum atomic E-state index is -0.668. The molecule has 0 saturated heterocycles. The number of hydrogen-bond donors (Lipinski definition) is 1. The maximum Gasteiger partial charge on any atom is 0.340 e. The highest BCUT2D eigenvalue weighted by Gasteiger charge is 2.23. The maximum absolute atomic E-state index is 12.7. The van der Waals surface area contributed by atoms with Gasteiger partial charge in [0.15, 0.2) is 0 Å². The highest BCUT2D eigenvalue weighted by Crippen LogP contribution is 2.21. The van der Waals surface area contributed by atoms with Crippen LogP contribution < -0.4 is 11.0 Å². The number of nitro groups is 1. The summed E-state index contributed by atoms with van der Waals surface area (Å²) in [5.74, 6) is -1.32. The molecular formula is C18H17N5O6. The third-order valence-electron chi connectivity index (χ3n) is 4.39. The Hall–Kier alpha value is -4.02. The van der Waals surface area contributed by atoms with Crippen molar-refractivity contribution in [2.75, 3.05) is 12.5 Å². The van der Waals surface area contributed by atoms with E-state index in [0.29, 0.717) is 5.39 Å². The number of fused-ring (bicyclic) bond motifs is 1. The fourth-order valence-electron chi connectivity index (χ4n) is 3.06. The number of pyridine rings is 1. The summed E-state index contributed by atoms with van der Waals surface area (Å²) < 4.78 is 6.81. The minimum absolute atomic E-state index is 0.102. The zero-order chi connectivity index (χ0) is 21.3. The van der Waals surface area contributed by atoms with E-state index in [9.17, 15) is 24.5 Å². The second kappa shape index (κ2) is 7.54. The number of aromatic nitrogens is 3. The van der Waals surface area contributed by atoms with Crippen LogP contribution in [0.3, 0.4) is 0 Å². The van der Waals surface area contributed by atoms with E-state index in [1.54, 1.807) is 18.2 Å². The van der Waals surface area contributed by atoms with Gasteiger partial charge in [-0.2, -0.15) is 5.10 Å². The lowest BCUT2D eigenvalue weighted by Gasteiger charge is -2.12. The third-order valence-corrected chi connectivity index (χ3v) is 4.39. The van der Waals surface area contributed by atoms with Crippen molar-refractivity contribution in [3.63, 3.8) is 0 Å². The van der Waals surface area contributed by atoms with E-state index >= 15 is 0 Å². The first-order valence-corrected chi connectivity index (χ1v) is 8.45. The summed E-state index contributed by atoms with van der Waals surface area (Å²) in [5.41, 5.74) is 2.16. The summed E-state index contributed by atoms with van der Waals surface area (Å²) in [4.78, 5) is 47.7. The van der Waals surface area contributed by atoms with Gasteiger partial charge in [-0.05, 0) is 19.9 Å². The van der Waals surface area contributed by atoms with Crippen LogP contribution in [-0.2, 0) is 16.1 Å². The average Bonchev–Trinajstić information content (AvgIpc) is 2.96. The van der Waals surface area contributed by atoms with Crippen molar-refractivity contribution in [3.05, 3.63) is 67.9 Å². The van der Waals surface area contributed by atoms with Gasteiger partial charge in [-0.25, -0.2) is 9.47 Å². The number of ether oxygens (including phenoxy) is 1. The molecule has 1 aromatic carbocycles. The number of methoxy groups -OCH3 is 1. The number of amides is 1. The summed E-state index contributed by atoms with van der Waals surface area (Å²) in [6, 6.07) is 6.43. The molecule has 1 N–H and O–H groups in total. The Morgan fingerprint density at radius 1 is 1.24 bits per heavy atom. The predicted octanol–water partition coefficient (Wildman–Crippen LogP) is 1.28. The Morgan fingerprint density at radius 2 is 1.90 bits per heavy atom. The molecule has 0 aliphatic heterocycles. The zero-order valence-corrected chi connectivity index (χ0v) is 15.8. The molecule has 11 nitrogen and oxygen atoms in total. The first-order valence-electron chi connectivity index (χ1n) is 8.45. The lowest BCUT2D eigenvalue weighted by atomic mass is 10.1. The van der Waals surface area contributed by atoms with Gasteiger partial charge in [0.25, 0.3) is 11.5 Å². The lowest BCUT2D eigenvalue weighted by Crippen LogP contribution is -2.35. The first-order chi connectivity index (χ1) is 13.7. The van der Waals surface area contributed by atoms with Gasteiger partial charge in [-0.15, -0.1) is 0 Å². The number of nitrogens with one attached hydrogen (secondary N) is 1. The second-order valence-corrected chi connectivity index (χ2v) is 6.22. The van der Waals surface area contributed by atoms with Gasteiger partial charge in [0, 0.05) is 17.0 Å². The van der Waals surface area contributed by atoms with Gasteiger partial charge in [0.1, 0.15) is 17.9 Å². The van der Waals surface area contributed by atoms with Crippen LogP contribution in [0.5, 0.6) is 0 Å². The highest BCUT2D eigenvalue weighted by atomic mass is 16.6. The number of rotatable bonds is 5. The number of aryl methyl sites for hydroxylation is 1. The van der Waals surface area contributed by atoms with Crippen molar-refractivity contribution in [1.82, 2.24) is 14.5 Å². The van der Waals surface area contributed by atoms with Gasteiger partial charge in [0.05, 0.1) is 17.6 Å². The van der Waals surface area contributed by atoms with E-state index < -0.39 is 22.4 Å². The van der Waals surface area contributed by atoms with Crippen LogP contribution in [0.4, 0.5) is 5.69 Å². The van der Waals surface area contributed by atoms with Crippen molar-refractivity contribution in [3.8, 4) is 0 Å². The fraction of sp³-hybridized carbons (Fsp3) is 0.222. The quantitative estimate of drug-likeness (QED) is 0.387. The molecule has 0 spiro atoms. The van der Waals surface area contributed by atoms with Gasteiger partial charge in [-0.3, -0.25) is 29.8 Å². The summed E-state index contributed by atoms with van der Waals surface area (Å²) in [6.45, 7) is 2.59. The molecule has 0 atom stereocenters. The minimum Gasteiger partial charge on any atom is -0.465 e. The Labute approximate surface area is 163 Å². The zero-order valence-electron chi connectivity index (χ0n) is 15.8. The van der Waals surface area contributed by atoms with Crippen molar-refractivity contribution >= 4 is 28.3 Å². The monoisotopic (exact) mass is 399 g/mol. The molecule has 2 aromatic heterocycles. The topological polar surface area (TPSA) is 138 Å². The third kappa shape index (κ3) is 3.57. The lowest BCUT2D eigenvalue weighted by molar-refractivity contribution is -0.386. The van der Waals surface area contributed by atoms with Crippen LogP contribution in [0.2, 0.25) is 0 Å². The fourth-order valence-corrected chi connectivity index (χ4v) is 3.06. The smallest absolute Gasteiger partial charge is 0.340 e. The number of carbonyl (C=O) groups excluding carboxylic acids is 2. The van der Waals surface area contributed by atoms with E-state index in [-0.39, 0.29) is 34.6 Å². The summed E-state index contributed by atoms with van der Waals surface area (Å²) in [5, 5.41) is 15.7. The summed E-state index contributed by atoms with van der Waals surface area (Å²) in [6.07, 6.45) is 1.18. The van der Waals surface area contributed by atoms with E-state index in [1.165, 1.54) is 37.9 Å². The SMILES string of the molecule is COC(=O)c1cn(NC(=O)Cn2nc(C)c([N+](=O)[O-])c2C)c(=O)c2ccccc12. The van der Waals surface area contributed by atoms with Crippen LogP contribution in [0.15, 0.2) is 35.3 Å². The molecular weight excluding hydrogens is 382 g/mol. The number of nitrogens with zero attached hydrogens (tertiary/aromatic N) is 4. The van der Waals surface area contributed by atoms with Crippen molar-refractivity contribution in [2.24, 2.45) is 0 Å². The number of carbonyl (C=O) groups is 2. The molecule has 0 fully saturated rings. The molecule has 150 valence electrons. The Kier molecular flexibility index (Phi) is 5.13. The molecule has 0 aliphatic carbocycles. The molecule has 3 rings (SSSR count). The second-order valence-electron chi connectivity index (χ2n) is 6.22. The van der Waals surface area contributed by atoms with Crippen LogP contribution in [0, 0.1) is 24.0 Å². The van der Waals surface area contributed by atoms with E-state index in [4.69, 9.17) is 4.74 Å². The van der Waals surface area contributed by atoms with Crippen LogP contribution in [0.25, 0.3) is 10.8 Å². The molecule has 0 radical (unpaired) electrons. The highest BCUT2D eigenvalue weighted by molar-refractivity contribution is 6.04. The Morgan fingerprint density at radius 3 is 2.48 bits per heavy atom. The Balaban J connectivity index is 1.96. The van der Waals surface area contributed by atoms with Gasteiger partial charge in [-0.1, -0.05) is 18.2 Å². The average molecular weight is 399 g/mol. The normalized spacial score (nSPS) is 10.7. The summed E-state index contributed by atoms with van der Waals surface area (Å²) >= 11 is 0. The maximum atomic E-state index is 12.7. The molecule has 11 heteroatoms. The van der Waals surface area contributed by atoms with Crippen LogP contribution >= 0.6 is 0 Å². The molecule has 1 amide bonds. The predicted molar refractivity (Wildman–Crippen MR) is 102 cm³/mol. The Bertz CT molecular complexity index is 1210. The largest absolute Gasteiger partial charge is 0.465 e. The van der Waals surface area contributed by atoms with Crippen molar-refractivity contribution in [2.45, 2.75) is 20.4 Å². The molecule has 0 saturated carbocycles. The van der Waals surface area contributed by atoms with Gasteiger partial charge >= 0.3 is 11.7 Å². The van der Waals surface area contributed by atoms with E-state index in [1.807, 2.05) is 0 Å². The molecule has 29 heavy (non-hydrogen) atoms. The molecule has 0 bridgehead atoms. The molecule has 3 aromatic rings. The summed E-state index contributed by atoms with van der Waals surface area (Å²) in [7, 11) is 1.21. The number of esters is 1. The number of hydrogen-bond acceptors (Lipinski definition) is 7.